The van der Waals surface area contributed by atoms with Crippen molar-refractivity contribution in [2.75, 3.05) is 52.4 Å². The summed E-state index contributed by atoms with van der Waals surface area (Å²) in [4.78, 5) is 18.4. The number of aromatic nitrogens is 1. The first-order valence-electron chi connectivity index (χ1n) is 7.20. The Labute approximate surface area is 126 Å². The number of anilines is 1. The van der Waals surface area contributed by atoms with Gasteiger partial charge in [0.2, 0.25) is 0 Å². The molecule has 6 heteroatoms. The summed E-state index contributed by atoms with van der Waals surface area (Å²) in [6.45, 7) is 5.03. The Morgan fingerprint density at radius 3 is 2.38 bits per heavy atom. The van der Waals surface area contributed by atoms with Crippen LogP contribution in [0, 0.1) is 0 Å². The van der Waals surface area contributed by atoms with Crippen LogP contribution >= 0.6 is 0 Å². The molecule has 118 valence electrons. The van der Waals surface area contributed by atoms with Crippen molar-refractivity contribution < 1.29 is 14.3 Å². The van der Waals surface area contributed by atoms with Gasteiger partial charge in [0.15, 0.2) is 0 Å². The van der Waals surface area contributed by atoms with E-state index in [2.05, 4.69) is 17.2 Å². The van der Waals surface area contributed by atoms with Crippen LogP contribution in [0.2, 0.25) is 0 Å². The van der Waals surface area contributed by atoms with Gasteiger partial charge in [0.1, 0.15) is 5.82 Å². The minimum Gasteiger partial charge on any atom is -0.383 e. The highest BCUT2D eigenvalue weighted by Crippen LogP contribution is 2.08. The van der Waals surface area contributed by atoms with Crippen LogP contribution in [-0.4, -0.2) is 62.9 Å². The highest BCUT2D eigenvalue weighted by molar-refractivity contribution is 5.94. The molecule has 1 aromatic heterocycles. The van der Waals surface area contributed by atoms with Crippen LogP contribution in [0.5, 0.6) is 0 Å². The number of pyridine rings is 1. The van der Waals surface area contributed by atoms with Crippen LogP contribution in [-0.2, 0) is 9.47 Å². The molecule has 21 heavy (non-hydrogen) atoms. The summed E-state index contributed by atoms with van der Waals surface area (Å²) in [6, 6.07) is 3.62. The zero-order valence-corrected chi connectivity index (χ0v) is 13.1. The average Bonchev–Trinajstić information content (AvgIpc) is 2.53. The van der Waals surface area contributed by atoms with E-state index in [1.165, 1.54) is 0 Å². The molecule has 0 aliphatic rings. The smallest absolute Gasteiger partial charge is 0.255 e. The van der Waals surface area contributed by atoms with E-state index in [0.29, 0.717) is 31.9 Å². The van der Waals surface area contributed by atoms with Crippen molar-refractivity contribution in [2.24, 2.45) is 0 Å². The second-order valence-electron chi connectivity index (χ2n) is 4.64. The zero-order valence-electron chi connectivity index (χ0n) is 13.1. The number of amides is 1. The molecule has 0 aliphatic heterocycles. The van der Waals surface area contributed by atoms with Crippen molar-refractivity contribution >= 4 is 11.7 Å². The second kappa shape index (κ2) is 10.1. The van der Waals surface area contributed by atoms with E-state index in [1.807, 2.05) is 6.07 Å². The summed E-state index contributed by atoms with van der Waals surface area (Å²) >= 11 is 0. The van der Waals surface area contributed by atoms with Crippen molar-refractivity contribution in [3.8, 4) is 0 Å². The molecule has 0 radical (unpaired) electrons. The molecule has 0 spiro atoms. The zero-order chi connectivity index (χ0) is 15.5. The minimum atomic E-state index is -0.0568. The lowest BCUT2D eigenvalue weighted by molar-refractivity contribution is 0.0627. The van der Waals surface area contributed by atoms with E-state index in [-0.39, 0.29) is 5.91 Å². The summed E-state index contributed by atoms with van der Waals surface area (Å²) in [6.07, 6.45) is 2.64. The predicted octanol–water partition coefficient (Wildman–Crippen LogP) is 1.64. The van der Waals surface area contributed by atoms with Crippen molar-refractivity contribution in [3.63, 3.8) is 0 Å². The van der Waals surface area contributed by atoms with Gasteiger partial charge < -0.3 is 19.7 Å². The molecule has 1 rings (SSSR count). The quantitative estimate of drug-likeness (QED) is 0.711. The summed E-state index contributed by atoms with van der Waals surface area (Å²) in [5.41, 5.74) is 0.573. The number of hydrogen-bond acceptors (Lipinski definition) is 5. The van der Waals surface area contributed by atoms with Crippen LogP contribution in [0.25, 0.3) is 0 Å². The maximum Gasteiger partial charge on any atom is 0.255 e. The molecule has 0 fully saturated rings. The van der Waals surface area contributed by atoms with Crippen LogP contribution < -0.4 is 5.32 Å². The Bertz CT molecular complexity index is 401. The molecule has 6 nitrogen and oxygen atoms in total. The molecular formula is C15H25N3O3. The number of nitrogens with zero attached hydrogens (tertiary/aromatic N) is 2. The molecule has 1 amide bonds. The van der Waals surface area contributed by atoms with E-state index in [0.717, 1.165) is 18.8 Å². The molecule has 1 heterocycles. The molecule has 1 N–H and O–H groups in total. The lowest BCUT2D eigenvalue weighted by Gasteiger charge is -2.22. The lowest BCUT2D eigenvalue weighted by Crippen LogP contribution is -2.36. The Kier molecular flexibility index (Phi) is 8.38. The third kappa shape index (κ3) is 6.10. The molecule has 0 aromatic carbocycles. The van der Waals surface area contributed by atoms with Crippen molar-refractivity contribution in [2.45, 2.75) is 13.3 Å². The molecule has 0 saturated carbocycles. The van der Waals surface area contributed by atoms with E-state index < -0.39 is 0 Å². The largest absolute Gasteiger partial charge is 0.383 e. The number of rotatable bonds is 10. The highest BCUT2D eigenvalue weighted by Gasteiger charge is 2.15. The van der Waals surface area contributed by atoms with Gasteiger partial charge in [-0.1, -0.05) is 6.92 Å². The minimum absolute atomic E-state index is 0.0568. The summed E-state index contributed by atoms with van der Waals surface area (Å²) in [5.74, 6) is 0.729. The number of nitrogens with one attached hydrogen (secondary N) is 1. The van der Waals surface area contributed by atoms with Gasteiger partial charge in [0.25, 0.3) is 5.91 Å². The third-order valence-electron chi connectivity index (χ3n) is 2.98. The van der Waals surface area contributed by atoms with Gasteiger partial charge in [0, 0.05) is 40.1 Å². The van der Waals surface area contributed by atoms with Gasteiger partial charge in [-0.25, -0.2) is 4.98 Å². The third-order valence-corrected chi connectivity index (χ3v) is 2.98. The molecule has 1 aromatic rings. The van der Waals surface area contributed by atoms with Crippen molar-refractivity contribution in [1.29, 1.82) is 0 Å². The van der Waals surface area contributed by atoms with Crippen LogP contribution in [0.1, 0.15) is 23.7 Å². The van der Waals surface area contributed by atoms with E-state index in [9.17, 15) is 4.79 Å². The van der Waals surface area contributed by atoms with Gasteiger partial charge in [-0.15, -0.1) is 0 Å². The van der Waals surface area contributed by atoms with Crippen LogP contribution in [0.3, 0.4) is 0 Å². The lowest BCUT2D eigenvalue weighted by atomic mass is 10.2. The SMILES string of the molecule is CCCNc1ccc(C(=O)N(CCOC)CCOC)cn1. The van der Waals surface area contributed by atoms with Gasteiger partial charge in [0.05, 0.1) is 18.8 Å². The molecule has 0 aliphatic carbocycles. The summed E-state index contributed by atoms with van der Waals surface area (Å²) < 4.78 is 10.1. The topological polar surface area (TPSA) is 63.7 Å². The van der Waals surface area contributed by atoms with Crippen molar-refractivity contribution in [1.82, 2.24) is 9.88 Å². The molecule has 0 unspecified atom stereocenters. The Balaban J connectivity index is 2.67. The number of ether oxygens (including phenoxy) is 2. The molecule has 0 saturated heterocycles. The molecule has 0 bridgehead atoms. The average molecular weight is 295 g/mol. The monoisotopic (exact) mass is 295 g/mol. The number of hydrogen-bond donors (Lipinski definition) is 1. The number of carbonyl (C=O) groups is 1. The fraction of sp³-hybridized carbons (Fsp3) is 0.600. The van der Waals surface area contributed by atoms with E-state index in [1.54, 1.807) is 31.4 Å². The first kappa shape index (κ1) is 17.4. The predicted molar refractivity (Wildman–Crippen MR) is 82.7 cm³/mol. The number of methoxy groups -OCH3 is 2. The van der Waals surface area contributed by atoms with Crippen LogP contribution in [0.4, 0.5) is 5.82 Å². The van der Waals surface area contributed by atoms with Crippen molar-refractivity contribution in [3.05, 3.63) is 23.9 Å². The highest BCUT2D eigenvalue weighted by atomic mass is 16.5. The van der Waals surface area contributed by atoms with E-state index >= 15 is 0 Å². The first-order chi connectivity index (χ1) is 10.2. The van der Waals surface area contributed by atoms with Gasteiger partial charge in [-0.05, 0) is 18.6 Å². The van der Waals surface area contributed by atoms with E-state index in [4.69, 9.17) is 9.47 Å². The fourth-order valence-corrected chi connectivity index (χ4v) is 1.78. The molecule has 0 atom stereocenters. The van der Waals surface area contributed by atoms with Gasteiger partial charge >= 0.3 is 0 Å². The fourth-order valence-electron chi connectivity index (χ4n) is 1.78. The first-order valence-corrected chi connectivity index (χ1v) is 7.20. The van der Waals surface area contributed by atoms with Crippen LogP contribution in [0.15, 0.2) is 18.3 Å². The maximum absolute atomic E-state index is 12.4. The summed E-state index contributed by atoms with van der Waals surface area (Å²) in [7, 11) is 3.24. The van der Waals surface area contributed by atoms with Gasteiger partial charge in [-0.3, -0.25) is 4.79 Å². The standard InChI is InChI=1S/C15H25N3O3/c1-4-7-16-14-6-5-13(12-17-14)15(19)18(8-10-20-2)9-11-21-3/h5-6,12H,4,7-11H2,1-3H3,(H,16,17). The Morgan fingerprint density at radius 1 is 1.24 bits per heavy atom. The Hall–Kier alpha value is -1.66. The molecular weight excluding hydrogens is 270 g/mol. The Morgan fingerprint density at radius 2 is 1.90 bits per heavy atom. The normalized spacial score (nSPS) is 10.4. The second-order valence-corrected chi connectivity index (χ2v) is 4.64. The number of carbonyl (C=O) groups excluding carboxylic acids is 1. The van der Waals surface area contributed by atoms with Gasteiger partial charge in [-0.2, -0.15) is 0 Å². The summed E-state index contributed by atoms with van der Waals surface area (Å²) in [5, 5.41) is 3.18. The maximum atomic E-state index is 12.4.